The second-order valence-corrected chi connectivity index (χ2v) is 10.3. The third-order valence-corrected chi connectivity index (χ3v) is 7.97. The largest absolute Gasteiger partial charge is 0.320 e. The van der Waals surface area contributed by atoms with Crippen molar-refractivity contribution in [2.45, 2.75) is 44.2 Å². The minimum atomic E-state index is -3.48. The van der Waals surface area contributed by atoms with Gasteiger partial charge in [-0.2, -0.15) is 4.31 Å². The zero-order chi connectivity index (χ0) is 21.3. The number of rotatable bonds is 5. The third kappa shape index (κ3) is 4.23. The fourth-order valence-electron chi connectivity index (χ4n) is 4.44. The highest BCUT2D eigenvalue weighted by Crippen LogP contribution is 2.26. The van der Waals surface area contributed by atoms with Gasteiger partial charge in [-0.05, 0) is 49.9 Å². The molecule has 2 aromatic rings. The zero-order valence-electron chi connectivity index (χ0n) is 17.6. The first-order valence-corrected chi connectivity index (χ1v) is 12.0. The van der Waals surface area contributed by atoms with Crippen LogP contribution in [-0.2, 0) is 16.6 Å². The van der Waals surface area contributed by atoms with E-state index in [1.54, 1.807) is 22.5 Å². The molecule has 0 aromatic heterocycles. The minimum absolute atomic E-state index is 0.0662. The number of benzene rings is 2. The summed E-state index contributed by atoms with van der Waals surface area (Å²) < 4.78 is 27.5. The van der Waals surface area contributed by atoms with Crippen LogP contribution in [0.25, 0.3) is 0 Å². The van der Waals surface area contributed by atoms with Gasteiger partial charge >= 0.3 is 6.03 Å². The molecule has 2 saturated heterocycles. The molecule has 0 unspecified atom stereocenters. The first kappa shape index (κ1) is 20.9. The molecule has 0 aliphatic carbocycles. The van der Waals surface area contributed by atoms with E-state index in [1.807, 2.05) is 28.9 Å². The monoisotopic (exact) mass is 427 g/mol. The third-order valence-electron chi connectivity index (χ3n) is 6.07. The van der Waals surface area contributed by atoms with Crippen LogP contribution in [0.3, 0.4) is 0 Å². The number of nitrogens with zero attached hydrogens (tertiary/aromatic N) is 3. The molecule has 2 aliphatic heterocycles. The molecule has 0 N–H and O–H groups in total. The van der Waals surface area contributed by atoms with Gasteiger partial charge in [-0.1, -0.05) is 42.0 Å². The van der Waals surface area contributed by atoms with Crippen molar-refractivity contribution < 1.29 is 13.2 Å². The Hall–Kier alpha value is -2.38. The van der Waals surface area contributed by atoms with Crippen LogP contribution in [0.5, 0.6) is 0 Å². The molecule has 4 rings (SSSR count). The van der Waals surface area contributed by atoms with Gasteiger partial charge in [-0.25, -0.2) is 13.2 Å². The number of hydrogen-bond acceptors (Lipinski definition) is 3. The Morgan fingerprint density at radius 1 is 0.900 bits per heavy atom. The van der Waals surface area contributed by atoms with Crippen molar-refractivity contribution in [1.29, 1.82) is 0 Å². The van der Waals surface area contributed by atoms with Gasteiger partial charge in [-0.3, -0.25) is 0 Å². The molecule has 6 nitrogen and oxygen atoms in total. The SMILES string of the molecule is Cc1cccc(CN2CCN(C3CCN(S(=O)(=O)c4cccc(C)c4)CC3)C2=O)c1. The van der Waals surface area contributed by atoms with Crippen molar-refractivity contribution in [3.8, 4) is 0 Å². The van der Waals surface area contributed by atoms with Crippen molar-refractivity contribution in [2.24, 2.45) is 0 Å². The predicted molar refractivity (Wildman–Crippen MR) is 117 cm³/mol. The Kier molecular flexibility index (Phi) is 5.84. The van der Waals surface area contributed by atoms with Crippen molar-refractivity contribution in [1.82, 2.24) is 14.1 Å². The average molecular weight is 428 g/mol. The Bertz CT molecular complexity index is 1030. The number of carbonyl (C=O) groups is 1. The van der Waals surface area contributed by atoms with Gasteiger partial charge in [0, 0.05) is 38.8 Å². The standard InChI is InChI=1S/C23H29N3O3S/c1-18-5-3-7-20(15-18)17-24-13-14-26(23(24)27)21-9-11-25(12-10-21)30(28,29)22-8-4-6-19(2)16-22/h3-8,15-16,21H,9-14,17H2,1-2H3. The summed E-state index contributed by atoms with van der Waals surface area (Å²) in [6.45, 7) is 6.89. The van der Waals surface area contributed by atoms with E-state index < -0.39 is 10.0 Å². The fourth-order valence-corrected chi connectivity index (χ4v) is 6.01. The summed E-state index contributed by atoms with van der Waals surface area (Å²) in [5, 5.41) is 0. The maximum Gasteiger partial charge on any atom is 0.320 e. The van der Waals surface area contributed by atoms with E-state index in [4.69, 9.17) is 0 Å². The highest BCUT2D eigenvalue weighted by molar-refractivity contribution is 7.89. The summed E-state index contributed by atoms with van der Waals surface area (Å²) in [7, 11) is -3.48. The van der Waals surface area contributed by atoms with Gasteiger partial charge in [-0.15, -0.1) is 0 Å². The highest BCUT2D eigenvalue weighted by Gasteiger charge is 2.37. The van der Waals surface area contributed by atoms with Gasteiger partial charge in [0.15, 0.2) is 0 Å². The predicted octanol–water partition coefficient (Wildman–Crippen LogP) is 3.39. The number of amides is 2. The molecule has 2 amide bonds. The number of sulfonamides is 1. The summed E-state index contributed by atoms with van der Waals surface area (Å²) in [6, 6.07) is 15.5. The smallest absolute Gasteiger partial charge is 0.320 e. The van der Waals surface area contributed by atoms with Crippen LogP contribution in [-0.4, -0.2) is 60.8 Å². The number of carbonyl (C=O) groups excluding carboxylic acids is 1. The van der Waals surface area contributed by atoms with Crippen LogP contribution in [0.15, 0.2) is 53.4 Å². The summed E-state index contributed by atoms with van der Waals surface area (Å²) in [5.74, 6) is 0. The van der Waals surface area contributed by atoms with Crippen LogP contribution in [0.1, 0.15) is 29.5 Å². The molecule has 2 heterocycles. The van der Waals surface area contributed by atoms with E-state index in [1.165, 1.54) is 5.56 Å². The molecular weight excluding hydrogens is 398 g/mol. The lowest BCUT2D eigenvalue weighted by Gasteiger charge is -2.36. The molecule has 0 atom stereocenters. The number of aryl methyl sites for hydroxylation is 2. The Labute approximate surface area is 179 Å². The van der Waals surface area contributed by atoms with E-state index in [0.29, 0.717) is 50.5 Å². The molecule has 0 radical (unpaired) electrons. The van der Waals surface area contributed by atoms with Crippen molar-refractivity contribution in [3.63, 3.8) is 0 Å². The Morgan fingerprint density at radius 3 is 2.23 bits per heavy atom. The number of hydrogen-bond donors (Lipinski definition) is 0. The first-order valence-electron chi connectivity index (χ1n) is 10.5. The van der Waals surface area contributed by atoms with Crippen LogP contribution in [0.2, 0.25) is 0 Å². The molecule has 0 bridgehead atoms. The molecule has 160 valence electrons. The summed E-state index contributed by atoms with van der Waals surface area (Å²) >= 11 is 0. The van der Waals surface area contributed by atoms with Crippen LogP contribution in [0.4, 0.5) is 4.79 Å². The van der Waals surface area contributed by atoms with Gasteiger partial charge in [0.2, 0.25) is 10.0 Å². The maximum absolute atomic E-state index is 13.0. The Balaban J connectivity index is 1.37. The quantitative estimate of drug-likeness (QED) is 0.735. The van der Waals surface area contributed by atoms with E-state index in [2.05, 4.69) is 25.1 Å². The van der Waals surface area contributed by atoms with E-state index in [9.17, 15) is 13.2 Å². The van der Waals surface area contributed by atoms with E-state index in [0.717, 1.165) is 11.1 Å². The normalized spacial score (nSPS) is 18.9. The molecule has 30 heavy (non-hydrogen) atoms. The van der Waals surface area contributed by atoms with Crippen LogP contribution >= 0.6 is 0 Å². The first-order chi connectivity index (χ1) is 14.3. The number of piperidine rings is 1. The molecule has 2 aromatic carbocycles. The lowest BCUT2D eigenvalue weighted by Crippen LogP contribution is -2.47. The number of urea groups is 1. The summed E-state index contributed by atoms with van der Waals surface area (Å²) in [6.07, 6.45) is 1.35. The topological polar surface area (TPSA) is 60.9 Å². The molecule has 0 saturated carbocycles. The van der Waals surface area contributed by atoms with Crippen molar-refractivity contribution in [2.75, 3.05) is 26.2 Å². The van der Waals surface area contributed by atoms with Crippen LogP contribution in [0, 0.1) is 13.8 Å². The van der Waals surface area contributed by atoms with Gasteiger partial charge < -0.3 is 9.80 Å². The lowest BCUT2D eigenvalue weighted by molar-refractivity contribution is 0.153. The Morgan fingerprint density at radius 2 is 1.57 bits per heavy atom. The molecule has 2 fully saturated rings. The lowest BCUT2D eigenvalue weighted by atomic mass is 10.1. The van der Waals surface area contributed by atoms with Crippen molar-refractivity contribution >= 4 is 16.1 Å². The molecule has 0 spiro atoms. The second-order valence-electron chi connectivity index (χ2n) is 8.34. The van der Waals surface area contributed by atoms with Crippen molar-refractivity contribution in [3.05, 3.63) is 65.2 Å². The maximum atomic E-state index is 13.0. The second kappa shape index (κ2) is 8.40. The van der Waals surface area contributed by atoms with Gasteiger partial charge in [0.25, 0.3) is 0 Å². The van der Waals surface area contributed by atoms with E-state index in [-0.39, 0.29) is 12.1 Å². The molecular formula is C23H29N3O3S. The molecule has 7 heteroatoms. The highest BCUT2D eigenvalue weighted by atomic mass is 32.2. The molecule has 2 aliphatic rings. The van der Waals surface area contributed by atoms with Crippen LogP contribution < -0.4 is 0 Å². The minimum Gasteiger partial charge on any atom is -0.320 e. The zero-order valence-corrected chi connectivity index (χ0v) is 18.4. The van der Waals surface area contributed by atoms with Gasteiger partial charge in [0.05, 0.1) is 4.90 Å². The summed E-state index contributed by atoms with van der Waals surface area (Å²) in [4.78, 5) is 17.1. The fraction of sp³-hybridized carbons (Fsp3) is 0.435. The van der Waals surface area contributed by atoms with E-state index >= 15 is 0 Å². The average Bonchev–Trinajstić information content (AvgIpc) is 3.08. The summed E-state index contributed by atoms with van der Waals surface area (Å²) in [5.41, 5.74) is 3.27. The van der Waals surface area contributed by atoms with Gasteiger partial charge in [0.1, 0.15) is 0 Å².